The summed E-state index contributed by atoms with van der Waals surface area (Å²) in [5.41, 5.74) is 19.7. The van der Waals surface area contributed by atoms with E-state index in [0.29, 0.717) is 0 Å². The summed E-state index contributed by atoms with van der Waals surface area (Å²) < 4.78 is 0. The van der Waals surface area contributed by atoms with Gasteiger partial charge in [-0.15, -0.1) is 0 Å². The molecule has 1 aliphatic rings. The lowest BCUT2D eigenvalue weighted by Gasteiger charge is -2.39. The first kappa shape index (κ1) is 27.5. The molecule has 0 amide bonds. The molecular weight excluding hydrogens is 423 g/mol. The Bertz CT molecular complexity index is 990. The average molecular weight is 469 g/mol. The number of azide groups is 1. The van der Waals surface area contributed by atoms with E-state index < -0.39 is 8.22 Å². The number of rotatable bonds is 4. The van der Waals surface area contributed by atoms with Crippen LogP contribution in [0.1, 0.15) is 114 Å². The predicted octanol–water partition coefficient (Wildman–Crippen LogP) is 10.1. The standard InChI is InChI=1S/C28H45N4P/c1-17-18(2)20(4)28(14,19(17)3)33(32-31-29)30-24-22(26(8,9)10)15-21(25(5,6)7)16-23(24)27(11,12)13/h15-16,30H,1-14H3. The molecular formula is C28H45N4P. The van der Waals surface area contributed by atoms with Crippen LogP contribution in [-0.2, 0) is 16.2 Å². The minimum absolute atomic E-state index is 0.0401. The van der Waals surface area contributed by atoms with Crippen molar-refractivity contribution >= 4 is 13.9 Å². The summed E-state index contributed by atoms with van der Waals surface area (Å²) in [5.74, 6) is 0. The highest BCUT2D eigenvalue weighted by Gasteiger charge is 2.44. The Labute approximate surface area is 203 Å². The van der Waals surface area contributed by atoms with Crippen LogP contribution < -0.4 is 5.09 Å². The molecule has 0 heterocycles. The van der Waals surface area contributed by atoms with Crippen LogP contribution in [0, 0.1) is 0 Å². The maximum Gasteiger partial charge on any atom is 0.0962 e. The smallest absolute Gasteiger partial charge is 0.0962 e. The Morgan fingerprint density at radius 2 is 1.18 bits per heavy atom. The van der Waals surface area contributed by atoms with Gasteiger partial charge < -0.3 is 5.09 Å². The fraction of sp³-hybridized carbons (Fsp3) is 0.643. The molecule has 33 heavy (non-hydrogen) atoms. The van der Waals surface area contributed by atoms with Gasteiger partial charge in [0, 0.05) is 10.6 Å². The molecule has 2 rings (SSSR count). The van der Waals surface area contributed by atoms with E-state index in [1.165, 1.54) is 39.0 Å². The average Bonchev–Trinajstić information content (AvgIpc) is 2.81. The van der Waals surface area contributed by atoms with Crippen molar-refractivity contribution in [3.8, 4) is 0 Å². The summed E-state index contributed by atoms with van der Waals surface area (Å²) in [6.45, 7) is 31.4. The van der Waals surface area contributed by atoms with Gasteiger partial charge >= 0.3 is 0 Å². The third-order valence-electron chi connectivity index (χ3n) is 7.54. The molecule has 0 fully saturated rings. The minimum atomic E-state index is -1.27. The first-order chi connectivity index (χ1) is 14.8. The Kier molecular flexibility index (Phi) is 7.32. The Morgan fingerprint density at radius 3 is 1.48 bits per heavy atom. The summed E-state index contributed by atoms with van der Waals surface area (Å²) in [6, 6.07) is 4.72. The van der Waals surface area contributed by atoms with Gasteiger partial charge in [0.05, 0.1) is 13.4 Å². The predicted molar refractivity (Wildman–Crippen MR) is 147 cm³/mol. The van der Waals surface area contributed by atoms with Crippen LogP contribution in [0.3, 0.4) is 0 Å². The van der Waals surface area contributed by atoms with Crippen molar-refractivity contribution < 1.29 is 0 Å². The molecule has 0 aliphatic heterocycles. The number of hydrogen-bond acceptors (Lipinski definition) is 2. The van der Waals surface area contributed by atoms with Crippen LogP contribution in [0.4, 0.5) is 5.69 Å². The highest BCUT2D eigenvalue weighted by atomic mass is 31.1. The van der Waals surface area contributed by atoms with Crippen molar-refractivity contribution in [1.82, 2.24) is 0 Å². The molecule has 1 aromatic carbocycles. The normalized spacial score (nSPS) is 17.9. The quantitative estimate of drug-likeness (QED) is 0.203. The zero-order valence-corrected chi connectivity index (χ0v) is 24.3. The number of nitrogens with one attached hydrogen (secondary N) is 1. The number of benzene rings is 1. The van der Waals surface area contributed by atoms with Crippen molar-refractivity contribution in [1.29, 1.82) is 0 Å². The summed E-state index contributed by atoms with van der Waals surface area (Å²) in [5, 5.41) is 3.55. The van der Waals surface area contributed by atoms with Crippen LogP contribution >= 0.6 is 8.22 Å². The molecule has 0 saturated carbocycles. The van der Waals surface area contributed by atoms with Gasteiger partial charge in [-0.3, -0.25) is 0 Å². The molecule has 1 aromatic rings. The zero-order valence-electron chi connectivity index (χ0n) is 23.4. The van der Waals surface area contributed by atoms with E-state index in [1.807, 2.05) is 0 Å². The largest absolute Gasteiger partial charge is 0.358 e. The van der Waals surface area contributed by atoms with Crippen molar-refractivity contribution in [3.63, 3.8) is 0 Å². The van der Waals surface area contributed by atoms with E-state index in [2.05, 4.69) is 124 Å². The molecule has 1 unspecified atom stereocenters. The highest BCUT2D eigenvalue weighted by Crippen LogP contribution is 2.63. The monoisotopic (exact) mass is 468 g/mol. The van der Waals surface area contributed by atoms with E-state index in [-0.39, 0.29) is 21.4 Å². The molecule has 182 valence electrons. The maximum absolute atomic E-state index is 9.61. The van der Waals surface area contributed by atoms with Crippen LogP contribution in [-0.4, -0.2) is 5.16 Å². The van der Waals surface area contributed by atoms with Gasteiger partial charge in [-0.05, 0) is 89.1 Å². The lowest BCUT2D eigenvalue weighted by atomic mass is 9.74. The fourth-order valence-corrected chi connectivity index (χ4v) is 6.59. The van der Waals surface area contributed by atoms with Crippen molar-refractivity contribution in [2.75, 3.05) is 5.09 Å². The van der Waals surface area contributed by atoms with Crippen LogP contribution in [0.15, 0.2) is 39.3 Å². The fourth-order valence-electron chi connectivity index (χ4n) is 4.64. The van der Waals surface area contributed by atoms with E-state index in [0.717, 1.165) is 5.69 Å². The first-order valence-electron chi connectivity index (χ1n) is 12.0. The van der Waals surface area contributed by atoms with Crippen molar-refractivity contribution in [2.24, 2.45) is 4.88 Å². The van der Waals surface area contributed by atoms with E-state index >= 15 is 0 Å². The van der Waals surface area contributed by atoms with Gasteiger partial charge in [0.25, 0.3) is 0 Å². The number of nitrogens with zero attached hydrogens (tertiary/aromatic N) is 3. The molecule has 5 heteroatoms. The molecule has 4 nitrogen and oxygen atoms in total. The molecule has 1 aliphatic carbocycles. The molecule has 0 radical (unpaired) electrons. The Hall–Kier alpha value is -1.76. The molecule has 1 N–H and O–H groups in total. The van der Waals surface area contributed by atoms with E-state index in [9.17, 15) is 5.53 Å². The Morgan fingerprint density at radius 1 is 0.788 bits per heavy atom. The van der Waals surface area contributed by atoms with Crippen LogP contribution in [0.25, 0.3) is 10.4 Å². The van der Waals surface area contributed by atoms with Crippen molar-refractivity contribution in [3.05, 3.63) is 61.6 Å². The molecule has 0 spiro atoms. The first-order valence-corrected chi connectivity index (χ1v) is 13.2. The van der Waals surface area contributed by atoms with Crippen molar-refractivity contribution in [2.45, 2.75) is 118 Å². The second kappa shape index (κ2) is 8.79. The number of anilines is 1. The molecule has 1 atom stereocenters. The van der Waals surface area contributed by atoms with Gasteiger partial charge in [-0.25, -0.2) is 0 Å². The van der Waals surface area contributed by atoms with Gasteiger partial charge in [0.15, 0.2) is 0 Å². The van der Waals surface area contributed by atoms with Crippen LogP contribution in [0.2, 0.25) is 0 Å². The summed E-state index contributed by atoms with van der Waals surface area (Å²) in [7, 11) is -1.27. The van der Waals surface area contributed by atoms with Gasteiger partial charge in [0.1, 0.15) is 0 Å². The second-order valence-electron chi connectivity index (χ2n) is 12.9. The van der Waals surface area contributed by atoms with Gasteiger partial charge in [0.2, 0.25) is 0 Å². The van der Waals surface area contributed by atoms with Crippen LogP contribution in [0.5, 0.6) is 0 Å². The third kappa shape index (κ3) is 5.03. The zero-order chi connectivity index (χ0) is 25.7. The number of allylic oxidation sites excluding steroid dienone is 4. The number of hydrogen-bond donors (Lipinski definition) is 1. The molecule has 0 bridgehead atoms. The third-order valence-corrected chi connectivity index (χ3v) is 9.75. The highest BCUT2D eigenvalue weighted by molar-refractivity contribution is 7.60. The second-order valence-corrected chi connectivity index (χ2v) is 14.8. The topological polar surface area (TPSA) is 60.8 Å². The molecule has 0 aromatic heterocycles. The minimum Gasteiger partial charge on any atom is -0.358 e. The van der Waals surface area contributed by atoms with Gasteiger partial charge in [-0.1, -0.05) is 85.6 Å². The van der Waals surface area contributed by atoms with Gasteiger partial charge in [-0.2, -0.15) is 0 Å². The molecule has 0 saturated heterocycles. The lowest BCUT2D eigenvalue weighted by Crippen LogP contribution is -2.28. The summed E-state index contributed by atoms with van der Waals surface area (Å²) in [6.07, 6.45) is 0. The summed E-state index contributed by atoms with van der Waals surface area (Å²) >= 11 is 0. The SMILES string of the molecule is CC1=C(C)C(C)(P(N=[N+]=[N-])Nc2c(C(C)(C)C)cc(C(C)(C)C)cc2C(C)(C)C)C(C)=C1C. The lowest BCUT2D eigenvalue weighted by molar-refractivity contribution is 0.551. The van der Waals surface area contributed by atoms with E-state index in [4.69, 9.17) is 0 Å². The van der Waals surface area contributed by atoms with E-state index in [1.54, 1.807) is 0 Å². The maximum atomic E-state index is 9.61. The summed E-state index contributed by atoms with van der Waals surface area (Å²) in [4.78, 5) is 7.75. The Balaban J connectivity index is 2.89.